The molecule has 6 heteroatoms. The van der Waals surface area contributed by atoms with E-state index in [1.54, 1.807) is 0 Å². The van der Waals surface area contributed by atoms with Crippen molar-refractivity contribution in [2.24, 2.45) is 0 Å². The van der Waals surface area contributed by atoms with Crippen LogP contribution in [-0.2, 0) is 12.8 Å². The summed E-state index contributed by atoms with van der Waals surface area (Å²) in [4.78, 5) is 1.85. The van der Waals surface area contributed by atoms with Crippen molar-refractivity contribution in [3.63, 3.8) is 0 Å². The Hall–Kier alpha value is -2.21. The fourth-order valence-corrected chi connectivity index (χ4v) is 2.83. The first-order valence-corrected chi connectivity index (χ1v) is 7.81. The molecule has 1 aliphatic heterocycles. The van der Waals surface area contributed by atoms with E-state index in [0.717, 1.165) is 23.4 Å². The third-order valence-corrected chi connectivity index (χ3v) is 4.03. The van der Waals surface area contributed by atoms with Gasteiger partial charge in [0, 0.05) is 24.4 Å². The van der Waals surface area contributed by atoms with Crippen LogP contribution in [0.25, 0.3) is 0 Å². The summed E-state index contributed by atoms with van der Waals surface area (Å²) in [6.07, 6.45) is -3.15. The molecule has 0 saturated heterocycles. The van der Waals surface area contributed by atoms with Gasteiger partial charge in [0.2, 0.25) is 0 Å². The molecular weight excluding hydrogens is 319 g/mol. The normalized spacial score (nSPS) is 13.8. The Morgan fingerprint density at radius 2 is 1.83 bits per heavy atom. The van der Waals surface area contributed by atoms with Gasteiger partial charge in [-0.05, 0) is 37.1 Å². The molecule has 1 N–H and O–H groups in total. The minimum atomic E-state index is -4.41. The molecule has 0 aliphatic carbocycles. The number of aliphatic hydroxyl groups excluding tert-OH is 1. The second-order valence-corrected chi connectivity index (χ2v) is 5.68. The molecule has 0 aromatic heterocycles. The minimum absolute atomic E-state index is 0.0570. The highest BCUT2D eigenvalue weighted by Gasteiger charge is 2.32. The Balaban J connectivity index is 2.07. The summed E-state index contributed by atoms with van der Waals surface area (Å²) in [7, 11) is 0. The molecule has 0 spiro atoms. The van der Waals surface area contributed by atoms with E-state index in [4.69, 9.17) is 9.84 Å². The van der Waals surface area contributed by atoms with E-state index in [0.29, 0.717) is 37.4 Å². The first-order chi connectivity index (χ1) is 11.5. The molecule has 3 nitrogen and oxygen atoms in total. The van der Waals surface area contributed by atoms with Crippen LogP contribution in [0.3, 0.4) is 0 Å². The van der Waals surface area contributed by atoms with Crippen molar-refractivity contribution < 1.29 is 23.0 Å². The second-order valence-electron chi connectivity index (χ2n) is 5.68. The Morgan fingerprint density at radius 3 is 2.58 bits per heavy atom. The quantitative estimate of drug-likeness (QED) is 0.833. The van der Waals surface area contributed by atoms with Gasteiger partial charge in [-0.3, -0.25) is 0 Å². The van der Waals surface area contributed by atoms with Gasteiger partial charge in [0.25, 0.3) is 0 Å². The van der Waals surface area contributed by atoms with E-state index in [1.165, 1.54) is 6.07 Å². The van der Waals surface area contributed by atoms with Gasteiger partial charge < -0.3 is 14.7 Å². The van der Waals surface area contributed by atoms with E-state index in [-0.39, 0.29) is 6.61 Å². The molecular formula is C18H18F3NO2. The van der Waals surface area contributed by atoms with E-state index >= 15 is 0 Å². The first-order valence-electron chi connectivity index (χ1n) is 7.81. The molecule has 0 fully saturated rings. The predicted octanol–water partition coefficient (Wildman–Crippen LogP) is 4.51. The average molecular weight is 337 g/mol. The zero-order valence-electron chi connectivity index (χ0n) is 13.0. The van der Waals surface area contributed by atoms with Crippen LogP contribution in [0, 0.1) is 0 Å². The molecule has 24 heavy (non-hydrogen) atoms. The topological polar surface area (TPSA) is 32.7 Å². The number of fused-ring (bicyclic) bond motifs is 2. The Morgan fingerprint density at radius 1 is 1.04 bits per heavy atom. The SMILES string of the molecule is OCCCCN1c2ccccc2COc2ccc(C(F)(F)F)cc21. The van der Waals surface area contributed by atoms with Gasteiger partial charge in [-0.15, -0.1) is 0 Å². The highest BCUT2D eigenvalue weighted by atomic mass is 19.4. The minimum Gasteiger partial charge on any atom is -0.487 e. The summed E-state index contributed by atoms with van der Waals surface area (Å²) < 4.78 is 45.0. The number of ether oxygens (including phenoxy) is 1. The van der Waals surface area contributed by atoms with Gasteiger partial charge in [0.05, 0.1) is 11.3 Å². The number of benzene rings is 2. The number of aliphatic hydroxyl groups is 1. The van der Waals surface area contributed by atoms with E-state index in [2.05, 4.69) is 0 Å². The van der Waals surface area contributed by atoms with Gasteiger partial charge in [0.1, 0.15) is 12.4 Å². The van der Waals surface area contributed by atoms with Gasteiger partial charge in [0.15, 0.2) is 0 Å². The molecule has 0 amide bonds. The summed E-state index contributed by atoms with van der Waals surface area (Å²) in [6.45, 7) is 0.877. The summed E-state index contributed by atoms with van der Waals surface area (Å²) in [5.74, 6) is 0.434. The lowest BCUT2D eigenvalue weighted by Gasteiger charge is -2.26. The van der Waals surface area contributed by atoms with E-state index in [1.807, 2.05) is 29.2 Å². The van der Waals surface area contributed by atoms with E-state index < -0.39 is 11.7 Å². The molecule has 2 aromatic carbocycles. The van der Waals surface area contributed by atoms with Gasteiger partial charge in [-0.25, -0.2) is 0 Å². The number of para-hydroxylation sites is 1. The summed E-state index contributed by atoms with van der Waals surface area (Å²) in [5, 5.41) is 9.00. The van der Waals surface area contributed by atoms with Crippen LogP contribution in [0.1, 0.15) is 24.0 Å². The van der Waals surface area contributed by atoms with Crippen LogP contribution in [0.4, 0.5) is 24.5 Å². The molecule has 0 unspecified atom stereocenters. The van der Waals surface area contributed by atoms with Crippen LogP contribution in [0.15, 0.2) is 42.5 Å². The highest BCUT2D eigenvalue weighted by molar-refractivity contribution is 5.73. The molecule has 128 valence electrons. The van der Waals surface area contributed by atoms with Crippen LogP contribution in [-0.4, -0.2) is 18.3 Å². The summed E-state index contributed by atoms with van der Waals surface area (Å²) in [5.41, 5.74) is 1.48. The second kappa shape index (κ2) is 6.73. The first kappa shape index (κ1) is 16.6. The highest BCUT2D eigenvalue weighted by Crippen LogP contribution is 2.42. The smallest absolute Gasteiger partial charge is 0.416 e. The van der Waals surface area contributed by atoms with Crippen LogP contribution in [0.2, 0.25) is 0 Å². The van der Waals surface area contributed by atoms with Gasteiger partial charge >= 0.3 is 6.18 Å². The Kier molecular flexibility index (Phi) is 4.66. The van der Waals surface area contributed by atoms with E-state index in [9.17, 15) is 13.2 Å². The molecule has 1 heterocycles. The maximum atomic E-state index is 13.1. The Bertz CT molecular complexity index is 716. The number of hydrogen-bond donors (Lipinski definition) is 1. The zero-order valence-corrected chi connectivity index (χ0v) is 13.0. The van der Waals surface area contributed by atoms with Crippen molar-refractivity contribution in [3.8, 4) is 5.75 Å². The number of halogens is 3. The number of unbranched alkanes of at least 4 members (excludes halogenated alkanes) is 1. The third kappa shape index (κ3) is 3.33. The van der Waals surface area contributed by atoms with Crippen molar-refractivity contribution in [1.29, 1.82) is 0 Å². The van der Waals surface area contributed by atoms with Gasteiger partial charge in [-0.2, -0.15) is 13.2 Å². The average Bonchev–Trinajstić information content (AvgIpc) is 2.71. The largest absolute Gasteiger partial charge is 0.487 e. The number of nitrogens with zero attached hydrogens (tertiary/aromatic N) is 1. The molecule has 0 atom stereocenters. The zero-order chi connectivity index (χ0) is 17.2. The van der Waals surface area contributed by atoms with Crippen LogP contribution < -0.4 is 9.64 Å². The third-order valence-electron chi connectivity index (χ3n) is 4.03. The monoisotopic (exact) mass is 337 g/mol. The molecule has 1 aliphatic rings. The van der Waals surface area contributed by atoms with Crippen molar-refractivity contribution >= 4 is 11.4 Å². The maximum Gasteiger partial charge on any atom is 0.416 e. The predicted molar refractivity (Wildman–Crippen MR) is 85.5 cm³/mol. The van der Waals surface area contributed by atoms with Crippen LogP contribution >= 0.6 is 0 Å². The molecule has 3 rings (SSSR count). The van der Waals surface area contributed by atoms with Crippen LogP contribution in [0.5, 0.6) is 5.75 Å². The molecule has 0 radical (unpaired) electrons. The molecule has 0 bridgehead atoms. The number of anilines is 2. The molecule has 0 saturated carbocycles. The van der Waals surface area contributed by atoms with Crippen molar-refractivity contribution in [1.82, 2.24) is 0 Å². The fourth-order valence-electron chi connectivity index (χ4n) is 2.83. The standard InChI is InChI=1S/C18H18F3NO2/c19-18(20,21)14-7-8-17-16(11-14)22(9-3-4-10-23)15-6-2-1-5-13(15)12-24-17/h1-2,5-8,11,23H,3-4,9-10,12H2. The molecule has 2 aromatic rings. The Labute approximate surface area is 138 Å². The number of rotatable bonds is 4. The number of alkyl halides is 3. The lowest BCUT2D eigenvalue weighted by Crippen LogP contribution is -2.20. The van der Waals surface area contributed by atoms with Crippen molar-refractivity contribution in [3.05, 3.63) is 53.6 Å². The summed E-state index contributed by atoms with van der Waals surface area (Å²) >= 11 is 0. The number of hydrogen-bond acceptors (Lipinski definition) is 3. The fraction of sp³-hybridized carbons (Fsp3) is 0.333. The lowest BCUT2D eigenvalue weighted by atomic mass is 10.1. The summed E-state index contributed by atoms with van der Waals surface area (Å²) in [6, 6.07) is 11.1. The lowest BCUT2D eigenvalue weighted by molar-refractivity contribution is -0.137. The van der Waals surface area contributed by atoms with Crippen molar-refractivity contribution in [2.45, 2.75) is 25.6 Å². The maximum absolute atomic E-state index is 13.1. The van der Waals surface area contributed by atoms with Crippen molar-refractivity contribution in [2.75, 3.05) is 18.1 Å². The van der Waals surface area contributed by atoms with Gasteiger partial charge in [-0.1, -0.05) is 18.2 Å².